The van der Waals surface area contributed by atoms with Crippen molar-refractivity contribution in [3.05, 3.63) is 17.7 Å². The Morgan fingerprint density at radius 2 is 2.29 bits per heavy atom. The molecule has 1 saturated carbocycles. The van der Waals surface area contributed by atoms with E-state index in [4.69, 9.17) is 0 Å². The Balaban J connectivity index is 1.90. The number of aromatic nitrogens is 2. The molecule has 0 saturated heterocycles. The van der Waals surface area contributed by atoms with Crippen molar-refractivity contribution >= 4 is 0 Å². The third-order valence-electron chi connectivity index (χ3n) is 3.85. The monoisotopic (exact) mass is 235 g/mol. The molecule has 1 heterocycles. The van der Waals surface area contributed by atoms with E-state index in [9.17, 15) is 0 Å². The van der Waals surface area contributed by atoms with Crippen molar-refractivity contribution in [1.29, 1.82) is 0 Å². The molecule has 96 valence electrons. The average Bonchev–Trinajstić information content (AvgIpc) is 2.94. The van der Waals surface area contributed by atoms with Gasteiger partial charge in [0.05, 0.1) is 0 Å². The molecule has 1 aromatic rings. The second kappa shape index (κ2) is 5.67. The van der Waals surface area contributed by atoms with Gasteiger partial charge in [-0.25, -0.2) is 4.98 Å². The molecule has 2 unspecified atom stereocenters. The van der Waals surface area contributed by atoms with Crippen LogP contribution in [-0.2, 0) is 6.54 Å². The maximum absolute atomic E-state index is 4.55. The van der Waals surface area contributed by atoms with E-state index < -0.39 is 0 Å². The van der Waals surface area contributed by atoms with Crippen LogP contribution >= 0.6 is 0 Å². The van der Waals surface area contributed by atoms with Crippen LogP contribution in [0, 0.1) is 5.92 Å². The Morgan fingerprint density at radius 3 is 2.94 bits per heavy atom. The van der Waals surface area contributed by atoms with Crippen molar-refractivity contribution in [3.63, 3.8) is 0 Å². The van der Waals surface area contributed by atoms with Crippen LogP contribution in [0.4, 0.5) is 0 Å². The molecule has 3 nitrogen and oxygen atoms in total. The normalized spacial score (nSPS) is 24.7. The highest BCUT2D eigenvalue weighted by atomic mass is 15.0. The van der Waals surface area contributed by atoms with Gasteiger partial charge in [-0.05, 0) is 25.2 Å². The summed E-state index contributed by atoms with van der Waals surface area (Å²) < 4.78 is 0. The summed E-state index contributed by atoms with van der Waals surface area (Å²) >= 11 is 0. The first kappa shape index (κ1) is 12.6. The fourth-order valence-electron chi connectivity index (χ4n) is 2.68. The molecule has 2 rings (SSSR count). The summed E-state index contributed by atoms with van der Waals surface area (Å²) in [5, 5.41) is 3.41. The first-order chi connectivity index (χ1) is 8.19. The van der Waals surface area contributed by atoms with E-state index in [0.717, 1.165) is 12.5 Å². The minimum Gasteiger partial charge on any atom is -0.345 e. The largest absolute Gasteiger partial charge is 0.345 e. The van der Waals surface area contributed by atoms with Crippen molar-refractivity contribution in [2.45, 2.75) is 65.0 Å². The van der Waals surface area contributed by atoms with E-state index in [1.165, 1.54) is 37.2 Å². The fourth-order valence-corrected chi connectivity index (χ4v) is 2.68. The van der Waals surface area contributed by atoms with Crippen LogP contribution in [0.5, 0.6) is 0 Å². The Bertz CT molecular complexity index is 343. The summed E-state index contributed by atoms with van der Waals surface area (Å²) in [6.45, 7) is 7.53. The fraction of sp³-hybridized carbons (Fsp3) is 0.786. The number of nitrogens with zero attached hydrogens (tertiary/aromatic N) is 1. The third-order valence-corrected chi connectivity index (χ3v) is 3.85. The van der Waals surface area contributed by atoms with E-state index in [-0.39, 0.29) is 0 Å². The van der Waals surface area contributed by atoms with Crippen LogP contribution in [0.1, 0.15) is 63.9 Å². The topological polar surface area (TPSA) is 40.7 Å². The molecule has 1 aliphatic rings. The maximum Gasteiger partial charge on any atom is 0.109 e. The van der Waals surface area contributed by atoms with E-state index >= 15 is 0 Å². The van der Waals surface area contributed by atoms with Crippen molar-refractivity contribution in [3.8, 4) is 0 Å². The number of hydrogen-bond acceptors (Lipinski definition) is 2. The number of imidazole rings is 1. The quantitative estimate of drug-likeness (QED) is 0.823. The lowest BCUT2D eigenvalue weighted by Crippen LogP contribution is -2.21. The molecule has 2 atom stereocenters. The molecule has 3 heteroatoms. The average molecular weight is 235 g/mol. The molecule has 1 fully saturated rings. The first-order valence-corrected chi connectivity index (χ1v) is 6.96. The molecule has 2 N–H and O–H groups in total. The van der Waals surface area contributed by atoms with Gasteiger partial charge in [0.2, 0.25) is 0 Å². The van der Waals surface area contributed by atoms with Crippen LogP contribution in [0.2, 0.25) is 0 Å². The zero-order valence-corrected chi connectivity index (χ0v) is 11.3. The van der Waals surface area contributed by atoms with E-state index in [1.54, 1.807) is 0 Å². The van der Waals surface area contributed by atoms with Gasteiger partial charge in [-0.2, -0.15) is 0 Å². The Labute approximate surface area is 104 Å². The SMILES string of the molecule is CCC1CCC(c2ncc(CNC(C)C)[nH]2)C1. The summed E-state index contributed by atoms with van der Waals surface area (Å²) in [6.07, 6.45) is 7.31. The van der Waals surface area contributed by atoms with Crippen molar-refractivity contribution in [1.82, 2.24) is 15.3 Å². The lowest BCUT2D eigenvalue weighted by molar-refractivity contribution is 0.517. The van der Waals surface area contributed by atoms with Gasteiger partial charge < -0.3 is 10.3 Å². The lowest BCUT2D eigenvalue weighted by atomic mass is 10.0. The molecule has 0 aliphatic heterocycles. The van der Waals surface area contributed by atoms with Crippen LogP contribution in [0.25, 0.3) is 0 Å². The highest BCUT2D eigenvalue weighted by Gasteiger charge is 2.26. The number of aromatic amines is 1. The molecular formula is C14H25N3. The second-order valence-electron chi connectivity index (χ2n) is 5.61. The van der Waals surface area contributed by atoms with Crippen LogP contribution in [0.15, 0.2) is 6.20 Å². The van der Waals surface area contributed by atoms with E-state index in [1.807, 2.05) is 6.20 Å². The minimum atomic E-state index is 0.526. The first-order valence-electron chi connectivity index (χ1n) is 6.96. The molecule has 0 aromatic carbocycles. The number of nitrogens with one attached hydrogen (secondary N) is 2. The van der Waals surface area contributed by atoms with Crippen LogP contribution in [0.3, 0.4) is 0 Å². The zero-order valence-electron chi connectivity index (χ0n) is 11.3. The number of hydrogen-bond donors (Lipinski definition) is 2. The summed E-state index contributed by atoms with van der Waals surface area (Å²) in [5.74, 6) is 2.80. The summed E-state index contributed by atoms with van der Waals surface area (Å²) in [4.78, 5) is 8.03. The molecular weight excluding hydrogens is 210 g/mol. The Kier molecular flexibility index (Phi) is 4.21. The number of H-pyrrole nitrogens is 1. The molecule has 0 radical (unpaired) electrons. The van der Waals surface area contributed by atoms with Gasteiger partial charge in [-0.1, -0.05) is 27.2 Å². The van der Waals surface area contributed by atoms with Crippen molar-refractivity contribution in [2.24, 2.45) is 5.92 Å². The van der Waals surface area contributed by atoms with Crippen molar-refractivity contribution in [2.75, 3.05) is 0 Å². The molecule has 1 aliphatic carbocycles. The summed E-state index contributed by atoms with van der Waals surface area (Å²) in [5.41, 5.74) is 1.22. The van der Waals surface area contributed by atoms with Gasteiger partial charge in [0.15, 0.2) is 0 Å². The van der Waals surface area contributed by atoms with Gasteiger partial charge in [-0.3, -0.25) is 0 Å². The molecule has 0 amide bonds. The predicted molar refractivity (Wildman–Crippen MR) is 70.9 cm³/mol. The number of rotatable bonds is 5. The van der Waals surface area contributed by atoms with Gasteiger partial charge in [-0.15, -0.1) is 0 Å². The lowest BCUT2D eigenvalue weighted by Gasteiger charge is -2.08. The summed E-state index contributed by atoms with van der Waals surface area (Å²) in [6, 6.07) is 0.526. The third kappa shape index (κ3) is 3.32. The highest BCUT2D eigenvalue weighted by molar-refractivity contribution is 5.07. The van der Waals surface area contributed by atoms with Crippen LogP contribution < -0.4 is 5.32 Å². The standard InChI is InChI=1S/C14H25N3/c1-4-11-5-6-12(7-11)14-16-9-13(17-14)8-15-10(2)3/h9-12,15H,4-8H2,1-3H3,(H,16,17). The van der Waals surface area contributed by atoms with Crippen LogP contribution in [-0.4, -0.2) is 16.0 Å². The predicted octanol–water partition coefficient (Wildman–Crippen LogP) is 3.20. The second-order valence-corrected chi connectivity index (χ2v) is 5.61. The summed E-state index contributed by atoms with van der Waals surface area (Å²) in [7, 11) is 0. The van der Waals surface area contributed by atoms with Crippen molar-refractivity contribution < 1.29 is 0 Å². The zero-order chi connectivity index (χ0) is 12.3. The minimum absolute atomic E-state index is 0.526. The highest BCUT2D eigenvalue weighted by Crippen LogP contribution is 2.38. The smallest absolute Gasteiger partial charge is 0.109 e. The van der Waals surface area contributed by atoms with E-state index in [0.29, 0.717) is 12.0 Å². The van der Waals surface area contributed by atoms with Gasteiger partial charge in [0.25, 0.3) is 0 Å². The molecule has 17 heavy (non-hydrogen) atoms. The van der Waals surface area contributed by atoms with Gasteiger partial charge in [0.1, 0.15) is 5.82 Å². The molecule has 1 aromatic heterocycles. The van der Waals surface area contributed by atoms with Gasteiger partial charge in [0, 0.05) is 30.4 Å². The molecule has 0 spiro atoms. The Morgan fingerprint density at radius 1 is 1.47 bits per heavy atom. The molecule has 0 bridgehead atoms. The van der Waals surface area contributed by atoms with E-state index in [2.05, 4.69) is 36.1 Å². The van der Waals surface area contributed by atoms with Gasteiger partial charge >= 0.3 is 0 Å². The Hall–Kier alpha value is -0.830. The maximum atomic E-state index is 4.55.